The van der Waals surface area contributed by atoms with Gasteiger partial charge < -0.3 is 5.11 Å². The average Bonchev–Trinajstić information content (AvgIpc) is 2.18. The molecule has 1 N–H and O–H groups in total. The van der Waals surface area contributed by atoms with Crippen molar-refractivity contribution in [2.24, 2.45) is 0 Å². The SMILES string of the molecule is C/C(O)=C/c1nccc2ccccc12.[Ir]. The third kappa shape index (κ3) is 2.64. The first kappa shape index (κ1) is 11.9. The van der Waals surface area contributed by atoms with Crippen molar-refractivity contribution < 1.29 is 25.2 Å². The molecule has 0 bridgehead atoms. The van der Waals surface area contributed by atoms with Crippen LogP contribution in [0.1, 0.15) is 12.6 Å². The Hall–Kier alpha value is -1.18. The molecule has 0 amide bonds. The van der Waals surface area contributed by atoms with Crippen molar-refractivity contribution in [3.8, 4) is 0 Å². The third-order valence-electron chi connectivity index (χ3n) is 2.05. The summed E-state index contributed by atoms with van der Waals surface area (Å²) >= 11 is 0. The fraction of sp³-hybridized carbons (Fsp3) is 0.0833. The van der Waals surface area contributed by atoms with Gasteiger partial charge in [-0.15, -0.1) is 0 Å². The quantitative estimate of drug-likeness (QED) is 0.775. The van der Waals surface area contributed by atoms with E-state index in [1.165, 1.54) is 0 Å². The molecular weight excluding hydrogens is 366 g/mol. The summed E-state index contributed by atoms with van der Waals surface area (Å²) in [6.07, 6.45) is 3.42. The molecule has 0 saturated heterocycles. The van der Waals surface area contributed by atoms with E-state index in [1.807, 2.05) is 30.3 Å². The minimum absolute atomic E-state index is 0. The molecule has 0 atom stereocenters. The van der Waals surface area contributed by atoms with Gasteiger partial charge in [0.05, 0.1) is 11.5 Å². The van der Waals surface area contributed by atoms with Crippen molar-refractivity contribution in [1.29, 1.82) is 0 Å². The molecule has 15 heavy (non-hydrogen) atoms. The van der Waals surface area contributed by atoms with Crippen LogP contribution in [0, 0.1) is 0 Å². The van der Waals surface area contributed by atoms with Crippen molar-refractivity contribution in [1.82, 2.24) is 4.98 Å². The molecule has 0 unspecified atom stereocenters. The first-order valence-corrected chi connectivity index (χ1v) is 4.48. The van der Waals surface area contributed by atoms with Crippen LogP contribution in [0.25, 0.3) is 16.8 Å². The summed E-state index contributed by atoms with van der Waals surface area (Å²) in [6.45, 7) is 1.64. The van der Waals surface area contributed by atoms with Crippen LogP contribution in [0.2, 0.25) is 0 Å². The number of aliphatic hydroxyl groups is 1. The number of benzene rings is 1. The normalized spacial score (nSPS) is 11.1. The summed E-state index contributed by atoms with van der Waals surface area (Å²) in [6, 6.07) is 9.94. The summed E-state index contributed by atoms with van der Waals surface area (Å²) in [4.78, 5) is 4.21. The number of hydrogen-bond donors (Lipinski definition) is 1. The third-order valence-corrected chi connectivity index (χ3v) is 2.05. The van der Waals surface area contributed by atoms with Gasteiger partial charge in [0.25, 0.3) is 0 Å². The molecule has 2 nitrogen and oxygen atoms in total. The molecule has 3 heteroatoms. The second-order valence-corrected chi connectivity index (χ2v) is 3.20. The molecule has 0 saturated carbocycles. The van der Waals surface area contributed by atoms with E-state index in [1.54, 1.807) is 19.2 Å². The second-order valence-electron chi connectivity index (χ2n) is 3.20. The molecule has 79 valence electrons. The van der Waals surface area contributed by atoms with Gasteiger partial charge in [-0.25, -0.2) is 0 Å². The first-order chi connectivity index (χ1) is 6.77. The number of pyridine rings is 1. The Morgan fingerprint density at radius 3 is 2.73 bits per heavy atom. The Bertz CT molecular complexity index is 484. The van der Waals surface area contributed by atoms with Gasteiger partial charge in [-0.1, -0.05) is 24.3 Å². The van der Waals surface area contributed by atoms with Gasteiger partial charge in [-0.05, 0) is 18.4 Å². The predicted octanol–water partition coefficient (Wildman–Crippen LogP) is 3.15. The Labute approximate surface area is 102 Å². The predicted molar refractivity (Wildman–Crippen MR) is 58.0 cm³/mol. The standard InChI is InChI=1S/C12H11NO.Ir/c1-9(14)8-12-11-5-3-2-4-10(11)6-7-13-12;/h2-8,14H,1H3;/b9-8-;. The summed E-state index contributed by atoms with van der Waals surface area (Å²) < 4.78 is 0. The summed E-state index contributed by atoms with van der Waals surface area (Å²) in [7, 11) is 0. The van der Waals surface area contributed by atoms with E-state index >= 15 is 0 Å². The van der Waals surface area contributed by atoms with Gasteiger partial charge in [0.1, 0.15) is 0 Å². The van der Waals surface area contributed by atoms with Crippen LogP contribution in [0.4, 0.5) is 0 Å². The zero-order valence-corrected chi connectivity index (χ0v) is 10.7. The van der Waals surface area contributed by atoms with Crippen molar-refractivity contribution in [2.75, 3.05) is 0 Å². The number of allylic oxidation sites excluding steroid dienone is 1. The molecule has 0 spiro atoms. The van der Waals surface area contributed by atoms with E-state index in [0.717, 1.165) is 16.5 Å². The fourth-order valence-corrected chi connectivity index (χ4v) is 1.46. The number of hydrogen-bond acceptors (Lipinski definition) is 2. The maximum atomic E-state index is 9.19. The van der Waals surface area contributed by atoms with Crippen molar-refractivity contribution in [3.63, 3.8) is 0 Å². The van der Waals surface area contributed by atoms with Crippen LogP contribution in [0.15, 0.2) is 42.3 Å². The van der Waals surface area contributed by atoms with Crippen LogP contribution >= 0.6 is 0 Å². The van der Waals surface area contributed by atoms with Gasteiger partial charge >= 0.3 is 0 Å². The van der Waals surface area contributed by atoms with Crippen LogP contribution in [0.3, 0.4) is 0 Å². The van der Waals surface area contributed by atoms with Crippen LogP contribution in [-0.2, 0) is 20.1 Å². The molecule has 0 fully saturated rings. The summed E-state index contributed by atoms with van der Waals surface area (Å²) in [5.41, 5.74) is 0.808. The summed E-state index contributed by atoms with van der Waals surface area (Å²) in [5, 5.41) is 11.4. The zero-order chi connectivity index (χ0) is 9.97. The topological polar surface area (TPSA) is 33.1 Å². The molecule has 0 aliphatic heterocycles. The minimum Gasteiger partial charge on any atom is -0.513 e. The first-order valence-electron chi connectivity index (χ1n) is 4.48. The maximum Gasteiger partial charge on any atom is 0.0913 e. The fourth-order valence-electron chi connectivity index (χ4n) is 1.46. The van der Waals surface area contributed by atoms with Gasteiger partial charge in [-0.3, -0.25) is 4.98 Å². The van der Waals surface area contributed by atoms with Crippen LogP contribution in [-0.4, -0.2) is 10.1 Å². The summed E-state index contributed by atoms with van der Waals surface area (Å²) in [5.74, 6) is 0.272. The van der Waals surface area contributed by atoms with E-state index in [9.17, 15) is 5.11 Å². The number of nitrogens with zero attached hydrogens (tertiary/aromatic N) is 1. The van der Waals surface area contributed by atoms with Gasteiger partial charge in [-0.2, -0.15) is 0 Å². The molecule has 1 heterocycles. The van der Waals surface area contributed by atoms with E-state index in [0.29, 0.717) is 0 Å². The molecule has 1 aromatic heterocycles. The van der Waals surface area contributed by atoms with Crippen LogP contribution in [0.5, 0.6) is 0 Å². The number of fused-ring (bicyclic) bond motifs is 1. The van der Waals surface area contributed by atoms with E-state index in [2.05, 4.69) is 4.98 Å². The largest absolute Gasteiger partial charge is 0.513 e. The monoisotopic (exact) mass is 378 g/mol. The Kier molecular flexibility index (Phi) is 4.01. The second kappa shape index (κ2) is 5.06. The number of aromatic nitrogens is 1. The molecule has 1 radical (unpaired) electrons. The van der Waals surface area contributed by atoms with Crippen molar-refractivity contribution in [2.45, 2.75) is 6.92 Å². The number of aliphatic hydroxyl groups excluding tert-OH is 1. The zero-order valence-electron chi connectivity index (χ0n) is 8.27. The Morgan fingerprint density at radius 2 is 2.00 bits per heavy atom. The van der Waals surface area contributed by atoms with E-state index < -0.39 is 0 Å². The molecule has 1 aromatic carbocycles. The smallest absolute Gasteiger partial charge is 0.0913 e. The molecular formula is C12H11IrNO. The minimum atomic E-state index is 0. The molecule has 2 rings (SSSR count). The molecule has 0 aliphatic carbocycles. The van der Waals surface area contributed by atoms with Gasteiger partial charge in [0.15, 0.2) is 0 Å². The van der Waals surface area contributed by atoms with Gasteiger partial charge in [0.2, 0.25) is 0 Å². The molecule has 0 aliphatic rings. The van der Waals surface area contributed by atoms with Crippen molar-refractivity contribution >= 4 is 16.8 Å². The van der Waals surface area contributed by atoms with E-state index in [4.69, 9.17) is 0 Å². The van der Waals surface area contributed by atoms with E-state index in [-0.39, 0.29) is 25.9 Å². The molecule has 2 aromatic rings. The number of rotatable bonds is 1. The van der Waals surface area contributed by atoms with Crippen LogP contribution < -0.4 is 0 Å². The van der Waals surface area contributed by atoms with Crippen molar-refractivity contribution in [3.05, 3.63) is 48.0 Å². The maximum absolute atomic E-state index is 9.19. The average molecular weight is 377 g/mol. The Balaban J connectivity index is 0.00000112. The Morgan fingerprint density at radius 1 is 1.27 bits per heavy atom. The van der Waals surface area contributed by atoms with Gasteiger partial charge in [0, 0.05) is 37.8 Å².